The number of nitrogens with zero attached hydrogens (tertiary/aromatic N) is 2. The maximum Gasteiger partial charge on any atom is 0.185 e. The Bertz CT molecular complexity index is 448. The number of hydrogen-bond donors (Lipinski definition) is 1. The van der Waals surface area contributed by atoms with Crippen LogP contribution in [-0.2, 0) is 6.42 Å². The molecule has 100 valence electrons. The number of anilines is 1. The highest BCUT2D eigenvalue weighted by Crippen LogP contribution is 2.44. The summed E-state index contributed by atoms with van der Waals surface area (Å²) in [5.74, 6) is 0.904. The highest BCUT2D eigenvalue weighted by molar-refractivity contribution is 7.15. The first kappa shape index (κ1) is 12.4. The summed E-state index contributed by atoms with van der Waals surface area (Å²) in [6.45, 7) is 5.75. The predicted octanol–water partition coefficient (Wildman–Crippen LogP) is 2.96. The molecule has 0 saturated heterocycles. The van der Waals surface area contributed by atoms with Gasteiger partial charge < -0.3 is 10.6 Å². The van der Waals surface area contributed by atoms with E-state index in [-0.39, 0.29) is 6.04 Å². The van der Waals surface area contributed by atoms with Crippen LogP contribution in [0.2, 0.25) is 0 Å². The van der Waals surface area contributed by atoms with Gasteiger partial charge in [0.05, 0.1) is 5.69 Å². The van der Waals surface area contributed by atoms with Gasteiger partial charge in [0.15, 0.2) is 5.13 Å². The predicted molar refractivity (Wildman–Crippen MR) is 77.1 cm³/mol. The van der Waals surface area contributed by atoms with Crippen molar-refractivity contribution in [3.63, 3.8) is 0 Å². The van der Waals surface area contributed by atoms with Crippen LogP contribution in [0.4, 0.5) is 5.13 Å². The van der Waals surface area contributed by atoms with Gasteiger partial charge in [-0.05, 0) is 37.0 Å². The molecule has 1 heterocycles. The molecule has 0 bridgehead atoms. The van der Waals surface area contributed by atoms with Gasteiger partial charge in [-0.25, -0.2) is 4.98 Å². The maximum absolute atomic E-state index is 6.30. The first-order chi connectivity index (χ1) is 8.44. The summed E-state index contributed by atoms with van der Waals surface area (Å²) < 4.78 is 0. The van der Waals surface area contributed by atoms with Crippen molar-refractivity contribution in [3.8, 4) is 0 Å². The summed E-state index contributed by atoms with van der Waals surface area (Å²) in [6, 6.07) is 0.185. The summed E-state index contributed by atoms with van der Waals surface area (Å²) in [6.07, 6.45) is 4.93. The zero-order chi connectivity index (χ0) is 12.9. The summed E-state index contributed by atoms with van der Waals surface area (Å²) >= 11 is 1.81. The largest absolute Gasteiger partial charge is 0.351 e. The lowest BCUT2D eigenvalue weighted by molar-refractivity contribution is 0.282. The molecule has 2 aliphatic rings. The molecule has 3 nitrogen and oxygen atoms in total. The molecule has 1 unspecified atom stereocenters. The highest BCUT2D eigenvalue weighted by Gasteiger charge is 2.34. The molecule has 4 heteroatoms. The second kappa shape index (κ2) is 4.20. The van der Waals surface area contributed by atoms with E-state index in [1.807, 2.05) is 11.3 Å². The van der Waals surface area contributed by atoms with E-state index in [4.69, 9.17) is 10.7 Å². The second-order valence-corrected chi connectivity index (χ2v) is 7.79. The van der Waals surface area contributed by atoms with Gasteiger partial charge in [-0.3, -0.25) is 0 Å². The average molecular weight is 265 g/mol. The minimum absolute atomic E-state index is 0.185. The van der Waals surface area contributed by atoms with Crippen LogP contribution in [-0.4, -0.2) is 18.6 Å². The standard InChI is InChI=1S/C14H23N3S/c1-14(2)6-10(15)12-11(7-14)16-13(18-12)17(3)8-9-4-5-9/h9-10H,4-8,15H2,1-3H3. The van der Waals surface area contributed by atoms with Crippen molar-refractivity contribution in [2.75, 3.05) is 18.5 Å². The molecular formula is C14H23N3S. The molecular weight excluding hydrogens is 242 g/mol. The first-order valence-electron chi connectivity index (χ1n) is 6.91. The summed E-state index contributed by atoms with van der Waals surface area (Å²) in [5.41, 5.74) is 7.85. The van der Waals surface area contributed by atoms with E-state index in [1.165, 1.54) is 28.5 Å². The number of nitrogens with two attached hydrogens (primary N) is 1. The lowest BCUT2D eigenvalue weighted by Gasteiger charge is -2.32. The molecule has 2 N–H and O–H groups in total. The van der Waals surface area contributed by atoms with E-state index in [0.717, 1.165) is 25.3 Å². The molecule has 0 amide bonds. The SMILES string of the molecule is CN(CC1CC1)c1nc2c(s1)C(N)CC(C)(C)C2. The molecule has 0 radical (unpaired) electrons. The summed E-state index contributed by atoms with van der Waals surface area (Å²) in [5, 5.41) is 1.17. The molecule has 18 heavy (non-hydrogen) atoms. The fourth-order valence-corrected chi connectivity index (χ4v) is 3.96. The van der Waals surface area contributed by atoms with Crippen molar-refractivity contribution in [2.24, 2.45) is 17.1 Å². The van der Waals surface area contributed by atoms with Crippen molar-refractivity contribution in [1.82, 2.24) is 4.98 Å². The summed E-state index contributed by atoms with van der Waals surface area (Å²) in [4.78, 5) is 8.49. The van der Waals surface area contributed by atoms with Crippen molar-refractivity contribution < 1.29 is 0 Å². The van der Waals surface area contributed by atoms with Crippen molar-refractivity contribution in [2.45, 2.75) is 45.6 Å². The highest BCUT2D eigenvalue weighted by atomic mass is 32.1. The Morgan fingerprint density at radius 3 is 2.83 bits per heavy atom. The number of fused-ring (bicyclic) bond motifs is 1. The average Bonchev–Trinajstić information content (AvgIpc) is 2.94. The molecule has 1 atom stereocenters. The molecule has 0 aromatic carbocycles. The molecule has 3 rings (SSSR count). The molecule has 2 aliphatic carbocycles. The fourth-order valence-electron chi connectivity index (χ4n) is 2.91. The molecule has 1 aromatic rings. The van der Waals surface area contributed by atoms with Crippen LogP contribution in [0, 0.1) is 11.3 Å². The minimum Gasteiger partial charge on any atom is -0.351 e. The van der Waals surface area contributed by atoms with Crippen LogP contribution in [0.15, 0.2) is 0 Å². The molecule has 1 fully saturated rings. The van der Waals surface area contributed by atoms with Crippen molar-refractivity contribution in [1.29, 1.82) is 0 Å². The van der Waals surface area contributed by atoms with Gasteiger partial charge in [0.2, 0.25) is 0 Å². The Balaban J connectivity index is 1.82. The third kappa shape index (κ3) is 2.41. The number of rotatable bonds is 3. The molecule has 0 spiro atoms. The Kier molecular flexibility index (Phi) is 2.90. The molecule has 1 aromatic heterocycles. The van der Waals surface area contributed by atoms with Gasteiger partial charge in [-0.2, -0.15) is 0 Å². The lowest BCUT2D eigenvalue weighted by atomic mass is 9.77. The number of thiazole rings is 1. The van der Waals surface area contributed by atoms with Gasteiger partial charge in [0.1, 0.15) is 0 Å². The maximum atomic E-state index is 6.30. The van der Waals surface area contributed by atoms with Crippen molar-refractivity contribution >= 4 is 16.5 Å². The first-order valence-corrected chi connectivity index (χ1v) is 7.72. The van der Waals surface area contributed by atoms with Crippen LogP contribution >= 0.6 is 11.3 Å². The van der Waals surface area contributed by atoms with Crippen LogP contribution in [0.5, 0.6) is 0 Å². The number of aromatic nitrogens is 1. The minimum atomic E-state index is 0.185. The van der Waals surface area contributed by atoms with Gasteiger partial charge in [0.25, 0.3) is 0 Å². The summed E-state index contributed by atoms with van der Waals surface area (Å²) in [7, 11) is 2.17. The second-order valence-electron chi connectivity index (χ2n) is 6.78. The Morgan fingerprint density at radius 2 is 2.17 bits per heavy atom. The third-order valence-electron chi connectivity index (χ3n) is 4.03. The molecule has 1 saturated carbocycles. The van der Waals surface area contributed by atoms with E-state index < -0.39 is 0 Å². The zero-order valence-corrected chi connectivity index (χ0v) is 12.4. The van der Waals surface area contributed by atoms with Gasteiger partial charge in [-0.1, -0.05) is 13.8 Å². The Morgan fingerprint density at radius 1 is 1.44 bits per heavy atom. The van der Waals surface area contributed by atoms with E-state index in [0.29, 0.717) is 5.41 Å². The zero-order valence-electron chi connectivity index (χ0n) is 11.6. The van der Waals surface area contributed by atoms with Gasteiger partial charge in [0, 0.05) is 24.5 Å². The Hall–Kier alpha value is -0.610. The van der Waals surface area contributed by atoms with Crippen LogP contribution < -0.4 is 10.6 Å². The van der Waals surface area contributed by atoms with Crippen LogP contribution in [0.3, 0.4) is 0 Å². The van der Waals surface area contributed by atoms with Gasteiger partial charge >= 0.3 is 0 Å². The van der Waals surface area contributed by atoms with Crippen molar-refractivity contribution in [3.05, 3.63) is 10.6 Å². The smallest absolute Gasteiger partial charge is 0.185 e. The van der Waals surface area contributed by atoms with Crippen LogP contribution in [0.1, 0.15) is 49.7 Å². The lowest BCUT2D eigenvalue weighted by Crippen LogP contribution is -2.28. The van der Waals surface area contributed by atoms with E-state index in [1.54, 1.807) is 0 Å². The quantitative estimate of drug-likeness (QED) is 0.913. The fraction of sp³-hybridized carbons (Fsp3) is 0.786. The van der Waals surface area contributed by atoms with E-state index >= 15 is 0 Å². The monoisotopic (exact) mass is 265 g/mol. The third-order valence-corrected chi connectivity index (χ3v) is 5.37. The topological polar surface area (TPSA) is 42.2 Å². The van der Waals surface area contributed by atoms with E-state index in [9.17, 15) is 0 Å². The Labute approximate surface area is 113 Å². The van der Waals surface area contributed by atoms with E-state index in [2.05, 4.69) is 25.8 Å². The van der Waals surface area contributed by atoms with Crippen LogP contribution in [0.25, 0.3) is 0 Å². The number of hydrogen-bond acceptors (Lipinski definition) is 4. The normalized spacial score (nSPS) is 25.9. The van der Waals surface area contributed by atoms with Gasteiger partial charge in [-0.15, -0.1) is 11.3 Å². The molecule has 0 aliphatic heterocycles.